The number of aryl methyl sites for hydroxylation is 3. The van der Waals surface area contributed by atoms with Crippen LogP contribution in [0.15, 0.2) is 12.1 Å². The molecule has 1 aromatic carbocycles. The molecular formula is C16H21NO3S. The number of carbonyl (C=O) groups excluding carboxylic acids is 1. The number of rotatable bonds is 3. The maximum atomic E-state index is 12.9. The van der Waals surface area contributed by atoms with Crippen molar-refractivity contribution in [3.8, 4) is 0 Å². The molecule has 4 nitrogen and oxygen atoms in total. The van der Waals surface area contributed by atoms with Crippen LogP contribution in [0.5, 0.6) is 0 Å². The second-order valence-electron chi connectivity index (χ2n) is 5.60. The van der Waals surface area contributed by atoms with E-state index >= 15 is 0 Å². The van der Waals surface area contributed by atoms with E-state index in [1.807, 2.05) is 32.9 Å². The lowest BCUT2D eigenvalue weighted by Crippen LogP contribution is -2.47. The van der Waals surface area contributed by atoms with E-state index in [0.29, 0.717) is 12.3 Å². The van der Waals surface area contributed by atoms with Gasteiger partial charge in [-0.2, -0.15) is 11.8 Å². The highest BCUT2D eigenvalue weighted by Gasteiger charge is 2.30. The molecule has 1 aromatic rings. The summed E-state index contributed by atoms with van der Waals surface area (Å²) in [6.07, 6.45) is 0.0166. The molecular weight excluding hydrogens is 286 g/mol. The van der Waals surface area contributed by atoms with Crippen molar-refractivity contribution in [2.24, 2.45) is 0 Å². The summed E-state index contributed by atoms with van der Waals surface area (Å²) in [5.41, 5.74) is 3.79. The summed E-state index contributed by atoms with van der Waals surface area (Å²) in [6, 6.07) is 3.80. The maximum Gasteiger partial charge on any atom is 0.305 e. The fourth-order valence-electron chi connectivity index (χ4n) is 2.95. The first-order valence-electron chi connectivity index (χ1n) is 7.08. The predicted octanol–water partition coefficient (Wildman–Crippen LogP) is 2.64. The Kier molecular flexibility index (Phi) is 4.93. The van der Waals surface area contributed by atoms with Crippen LogP contribution in [-0.2, 0) is 4.79 Å². The molecule has 0 saturated carbocycles. The second-order valence-corrected chi connectivity index (χ2v) is 6.75. The number of thioether (sulfide) groups is 1. The molecule has 1 saturated heterocycles. The van der Waals surface area contributed by atoms with E-state index in [-0.39, 0.29) is 18.4 Å². The molecule has 0 radical (unpaired) electrons. The number of benzene rings is 1. The highest BCUT2D eigenvalue weighted by atomic mass is 32.2. The van der Waals surface area contributed by atoms with Gasteiger partial charge in [-0.25, -0.2) is 0 Å². The molecule has 0 aromatic heterocycles. The van der Waals surface area contributed by atoms with Gasteiger partial charge in [0.2, 0.25) is 0 Å². The summed E-state index contributed by atoms with van der Waals surface area (Å²) in [5.74, 6) is 0.683. The molecule has 2 rings (SSSR count). The smallest absolute Gasteiger partial charge is 0.305 e. The minimum atomic E-state index is -0.849. The monoisotopic (exact) mass is 307 g/mol. The van der Waals surface area contributed by atoms with E-state index < -0.39 is 5.97 Å². The van der Waals surface area contributed by atoms with Crippen LogP contribution in [0.3, 0.4) is 0 Å². The summed E-state index contributed by atoms with van der Waals surface area (Å²) >= 11 is 1.71. The Balaban J connectivity index is 2.31. The van der Waals surface area contributed by atoms with Crippen molar-refractivity contribution in [3.05, 3.63) is 34.4 Å². The molecule has 1 unspecified atom stereocenters. The summed E-state index contributed by atoms with van der Waals surface area (Å²) in [4.78, 5) is 25.6. The Morgan fingerprint density at radius 3 is 2.48 bits per heavy atom. The maximum absolute atomic E-state index is 12.9. The van der Waals surface area contributed by atoms with Crippen LogP contribution >= 0.6 is 11.8 Å². The van der Waals surface area contributed by atoms with Crippen molar-refractivity contribution in [2.45, 2.75) is 33.2 Å². The minimum Gasteiger partial charge on any atom is -0.481 e. The van der Waals surface area contributed by atoms with Gasteiger partial charge in [0.1, 0.15) is 0 Å². The van der Waals surface area contributed by atoms with Gasteiger partial charge in [0.05, 0.1) is 12.5 Å². The van der Waals surface area contributed by atoms with Crippen molar-refractivity contribution in [1.82, 2.24) is 4.90 Å². The third-order valence-corrected chi connectivity index (χ3v) is 4.88. The number of nitrogens with zero attached hydrogens (tertiary/aromatic N) is 1. The summed E-state index contributed by atoms with van der Waals surface area (Å²) in [6.45, 7) is 6.52. The zero-order valence-electron chi connectivity index (χ0n) is 12.7. The van der Waals surface area contributed by atoms with Crippen LogP contribution in [0.1, 0.15) is 33.5 Å². The molecule has 1 fully saturated rings. The number of aliphatic carboxylic acids is 1. The lowest BCUT2D eigenvalue weighted by atomic mass is 9.98. The van der Waals surface area contributed by atoms with Crippen molar-refractivity contribution < 1.29 is 14.7 Å². The average Bonchev–Trinajstić information content (AvgIpc) is 2.37. The zero-order chi connectivity index (χ0) is 15.6. The highest BCUT2D eigenvalue weighted by Crippen LogP contribution is 2.24. The Labute approximate surface area is 129 Å². The number of carboxylic acids is 1. The minimum absolute atomic E-state index is 0.0166. The number of carboxylic acid groups (broad SMARTS) is 1. The molecule has 0 aliphatic carbocycles. The number of hydrogen-bond acceptors (Lipinski definition) is 3. The van der Waals surface area contributed by atoms with Gasteiger partial charge in [0.25, 0.3) is 5.91 Å². The molecule has 21 heavy (non-hydrogen) atoms. The van der Waals surface area contributed by atoms with Crippen LogP contribution in [0.25, 0.3) is 0 Å². The van der Waals surface area contributed by atoms with Crippen molar-refractivity contribution >= 4 is 23.6 Å². The quantitative estimate of drug-likeness (QED) is 0.932. The molecule has 1 aliphatic heterocycles. The number of amides is 1. The molecule has 5 heteroatoms. The van der Waals surface area contributed by atoms with Gasteiger partial charge in [-0.05, 0) is 31.9 Å². The van der Waals surface area contributed by atoms with Gasteiger partial charge in [-0.15, -0.1) is 0 Å². The molecule has 0 bridgehead atoms. The van der Waals surface area contributed by atoms with Gasteiger partial charge in [-0.1, -0.05) is 17.7 Å². The topological polar surface area (TPSA) is 57.6 Å². The first-order valence-corrected chi connectivity index (χ1v) is 8.24. The standard InChI is InChI=1S/C16H21NO3S/c1-10-6-11(2)15(12(3)7-10)16(20)17-4-5-21-9-13(17)8-14(18)19/h6-7,13H,4-5,8-9H2,1-3H3,(H,18,19). The normalized spacial score (nSPS) is 18.6. The number of carbonyl (C=O) groups is 2. The SMILES string of the molecule is Cc1cc(C)c(C(=O)N2CCSCC2CC(=O)O)c(C)c1. The Bertz CT molecular complexity index is 548. The average molecular weight is 307 g/mol. The lowest BCUT2D eigenvalue weighted by Gasteiger charge is -2.35. The second kappa shape index (κ2) is 6.52. The fraction of sp³-hybridized carbons (Fsp3) is 0.500. The summed E-state index contributed by atoms with van der Waals surface area (Å²) in [5, 5.41) is 9.03. The van der Waals surface area contributed by atoms with Gasteiger partial charge >= 0.3 is 5.97 Å². The van der Waals surface area contributed by atoms with Crippen LogP contribution in [0.2, 0.25) is 0 Å². The van der Waals surface area contributed by atoms with E-state index in [0.717, 1.165) is 28.0 Å². The van der Waals surface area contributed by atoms with E-state index in [1.165, 1.54) is 0 Å². The molecule has 1 atom stereocenters. The zero-order valence-corrected chi connectivity index (χ0v) is 13.5. The van der Waals surface area contributed by atoms with E-state index in [1.54, 1.807) is 16.7 Å². The molecule has 1 aliphatic rings. The van der Waals surface area contributed by atoms with Crippen molar-refractivity contribution in [1.29, 1.82) is 0 Å². The fourth-order valence-corrected chi connectivity index (χ4v) is 4.02. The van der Waals surface area contributed by atoms with Crippen molar-refractivity contribution in [3.63, 3.8) is 0 Å². The summed E-state index contributed by atoms with van der Waals surface area (Å²) in [7, 11) is 0. The third-order valence-electron chi connectivity index (χ3n) is 3.79. The van der Waals surface area contributed by atoms with Gasteiger partial charge < -0.3 is 10.0 Å². The lowest BCUT2D eigenvalue weighted by molar-refractivity contribution is -0.138. The van der Waals surface area contributed by atoms with Gasteiger partial charge in [0.15, 0.2) is 0 Å². The first-order chi connectivity index (χ1) is 9.90. The summed E-state index contributed by atoms with van der Waals surface area (Å²) < 4.78 is 0. The van der Waals surface area contributed by atoms with Crippen LogP contribution < -0.4 is 0 Å². The highest BCUT2D eigenvalue weighted by molar-refractivity contribution is 7.99. The van der Waals surface area contributed by atoms with E-state index in [9.17, 15) is 9.59 Å². The van der Waals surface area contributed by atoms with Gasteiger partial charge in [0, 0.05) is 23.6 Å². The molecule has 0 spiro atoms. The Hall–Kier alpha value is -1.49. The van der Waals surface area contributed by atoms with E-state index in [4.69, 9.17) is 5.11 Å². The third kappa shape index (κ3) is 3.59. The number of hydrogen-bond donors (Lipinski definition) is 1. The van der Waals surface area contributed by atoms with E-state index in [2.05, 4.69) is 0 Å². The first kappa shape index (κ1) is 15.9. The van der Waals surface area contributed by atoms with Crippen LogP contribution in [-0.4, -0.2) is 46.0 Å². The van der Waals surface area contributed by atoms with Gasteiger partial charge in [-0.3, -0.25) is 9.59 Å². The Morgan fingerprint density at radius 1 is 1.29 bits per heavy atom. The molecule has 1 heterocycles. The molecule has 114 valence electrons. The Morgan fingerprint density at radius 2 is 1.90 bits per heavy atom. The predicted molar refractivity (Wildman–Crippen MR) is 85.1 cm³/mol. The van der Waals surface area contributed by atoms with Crippen LogP contribution in [0, 0.1) is 20.8 Å². The van der Waals surface area contributed by atoms with Crippen LogP contribution in [0.4, 0.5) is 0 Å². The van der Waals surface area contributed by atoms with Crippen molar-refractivity contribution in [2.75, 3.05) is 18.1 Å². The molecule has 1 amide bonds. The largest absolute Gasteiger partial charge is 0.481 e. The molecule has 1 N–H and O–H groups in total.